The fourth-order valence-electron chi connectivity index (χ4n) is 1.23. The van der Waals surface area contributed by atoms with Crippen molar-refractivity contribution in [3.05, 3.63) is 35.4 Å². The molecule has 0 bridgehead atoms. The number of hydrogen-bond donors (Lipinski definition) is 3. The molecule has 1 aromatic rings. The van der Waals surface area contributed by atoms with Crippen LogP contribution in [0.3, 0.4) is 0 Å². The van der Waals surface area contributed by atoms with E-state index in [-0.39, 0.29) is 0 Å². The van der Waals surface area contributed by atoms with Crippen molar-refractivity contribution >= 4 is 23.8 Å². The standard InChI is InChI=1S/C11H12N2O3/c1-7-6-8(3-5-10(14)15)2-4-9(7)13-11(12)16/h2-6H,1H3,(H,14,15)(H3,12,13,16)/b5-3+. The second-order valence-electron chi connectivity index (χ2n) is 3.24. The molecule has 1 rings (SSSR count). The van der Waals surface area contributed by atoms with E-state index in [4.69, 9.17) is 10.8 Å². The minimum Gasteiger partial charge on any atom is -0.478 e. The molecule has 0 saturated heterocycles. The van der Waals surface area contributed by atoms with Crippen molar-refractivity contribution in [2.45, 2.75) is 6.92 Å². The van der Waals surface area contributed by atoms with Crippen LogP contribution in [0.25, 0.3) is 6.08 Å². The molecule has 0 unspecified atom stereocenters. The molecule has 16 heavy (non-hydrogen) atoms. The van der Waals surface area contributed by atoms with Crippen molar-refractivity contribution in [1.29, 1.82) is 0 Å². The number of nitrogens with one attached hydrogen (secondary N) is 1. The highest BCUT2D eigenvalue weighted by molar-refractivity contribution is 5.89. The second kappa shape index (κ2) is 4.97. The number of hydrogen-bond acceptors (Lipinski definition) is 2. The molecule has 0 saturated carbocycles. The summed E-state index contributed by atoms with van der Waals surface area (Å²) >= 11 is 0. The van der Waals surface area contributed by atoms with Gasteiger partial charge in [-0.15, -0.1) is 0 Å². The Morgan fingerprint density at radius 1 is 1.44 bits per heavy atom. The smallest absolute Gasteiger partial charge is 0.328 e. The molecule has 1 aromatic carbocycles. The Morgan fingerprint density at radius 2 is 2.12 bits per heavy atom. The van der Waals surface area contributed by atoms with Crippen LogP contribution in [0.1, 0.15) is 11.1 Å². The molecule has 0 radical (unpaired) electrons. The lowest BCUT2D eigenvalue weighted by atomic mass is 10.1. The molecule has 0 heterocycles. The van der Waals surface area contributed by atoms with Crippen LogP contribution in [-0.4, -0.2) is 17.1 Å². The highest BCUT2D eigenvalue weighted by Crippen LogP contribution is 2.17. The minimum atomic E-state index is -1.00. The molecule has 0 spiro atoms. The van der Waals surface area contributed by atoms with Gasteiger partial charge >= 0.3 is 12.0 Å². The van der Waals surface area contributed by atoms with Gasteiger partial charge in [0, 0.05) is 11.8 Å². The average Bonchev–Trinajstić information content (AvgIpc) is 2.18. The van der Waals surface area contributed by atoms with E-state index in [1.165, 1.54) is 6.08 Å². The molecular weight excluding hydrogens is 208 g/mol. The number of rotatable bonds is 3. The third-order valence-electron chi connectivity index (χ3n) is 1.93. The van der Waals surface area contributed by atoms with E-state index in [2.05, 4.69) is 5.32 Å². The van der Waals surface area contributed by atoms with E-state index in [0.717, 1.165) is 17.2 Å². The summed E-state index contributed by atoms with van der Waals surface area (Å²) < 4.78 is 0. The SMILES string of the molecule is Cc1cc(/C=C/C(=O)O)ccc1NC(N)=O. The molecule has 4 N–H and O–H groups in total. The van der Waals surface area contributed by atoms with Crippen molar-refractivity contribution < 1.29 is 14.7 Å². The Labute approximate surface area is 92.6 Å². The first-order chi connectivity index (χ1) is 7.49. The fraction of sp³-hybridized carbons (Fsp3) is 0.0909. The summed E-state index contributed by atoms with van der Waals surface area (Å²) in [6, 6.07) is 4.49. The van der Waals surface area contributed by atoms with Crippen LogP contribution >= 0.6 is 0 Å². The Kier molecular flexibility index (Phi) is 3.66. The number of urea groups is 1. The first kappa shape index (κ1) is 11.8. The van der Waals surface area contributed by atoms with Crippen LogP contribution in [0.2, 0.25) is 0 Å². The Hall–Kier alpha value is -2.30. The number of amides is 2. The van der Waals surface area contributed by atoms with Gasteiger partial charge in [-0.25, -0.2) is 9.59 Å². The molecular formula is C11H12N2O3. The molecule has 5 heteroatoms. The number of aryl methyl sites for hydroxylation is 1. The van der Waals surface area contributed by atoms with Crippen LogP contribution < -0.4 is 11.1 Å². The minimum absolute atomic E-state index is 0.611. The maximum atomic E-state index is 10.6. The number of carboxylic acids is 1. The summed E-state index contributed by atoms with van der Waals surface area (Å²) in [6.45, 7) is 1.80. The summed E-state index contributed by atoms with van der Waals surface area (Å²) in [5.41, 5.74) is 7.16. The van der Waals surface area contributed by atoms with Crippen molar-refractivity contribution in [3.8, 4) is 0 Å². The van der Waals surface area contributed by atoms with E-state index in [9.17, 15) is 9.59 Å². The van der Waals surface area contributed by atoms with Gasteiger partial charge in [0.2, 0.25) is 0 Å². The summed E-state index contributed by atoms with van der Waals surface area (Å²) in [5, 5.41) is 10.9. The molecule has 0 aliphatic heterocycles. The van der Waals surface area contributed by atoms with Crippen LogP contribution in [0, 0.1) is 6.92 Å². The Balaban J connectivity index is 2.90. The normalized spacial score (nSPS) is 10.3. The van der Waals surface area contributed by atoms with Gasteiger partial charge in [0.25, 0.3) is 0 Å². The quantitative estimate of drug-likeness (QED) is 0.675. The molecule has 5 nitrogen and oxygen atoms in total. The van der Waals surface area contributed by atoms with Gasteiger partial charge in [0.15, 0.2) is 0 Å². The van der Waals surface area contributed by atoms with Gasteiger partial charge in [-0.1, -0.05) is 6.07 Å². The van der Waals surface area contributed by atoms with E-state index in [1.807, 2.05) is 0 Å². The predicted molar refractivity (Wildman–Crippen MR) is 61.1 cm³/mol. The largest absolute Gasteiger partial charge is 0.478 e. The Morgan fingerprint density at radius 3 is 2.62 bits per heavy atom. The van der Waals surface area contributed by atoms with Gasteiger partial charge in [0.05, 0.1) is 0 Å². The monoisotopic (exact) mass is 220 g/mol. The van der Waals surface area contributed by atoms with Crippen molar-refractivity contribution in [1.82, 2.24) is 0 Å². The van der Waals surface area contributed by atoms with Crippen molar-refractivity contribution in [2.24, 2.45) is 5.73 Å². The highest BCUT2D eigenvalue weighted by Gasteiger charge is 2.00. The van der Waals surface area contributed by atoms with Crippen LogP contribution in [-0.2, 0) is 4.79 Å². The van der Waals surface area contributed by atoms with Crippen molar-refractivity contribution in [2.75, 3.05) is 5.32 Å². The lowest BCUT2D eigenvalue weighted by Crippen LogP contribution is -2.19. The molecule has 0 aromatic heterocycles. The molecule has 0 aliphatic rings. The molecule has 0 atom stereocenters. The van der Waals surface area contributed by atoms with E-state index < -0.39 is 12.0 Å². The lowest BCUT2D eigenvalue weighted by molar-refractivity contribution is -0.131. The van der Waals surface area contributed by atoms with Crippen LogP contribution in [0.15, 0.2) is 24.3 Å². The summed E-state index contributed by atoms with van der Waals surface area (Å²) in [4.78, 5) is 20.9. The van der Waals surface area contributed by atoms with E-state index >= 15 is 0 Å². The van der Waals surface area contributed by atoms with E-state index in [1.54, 1.807) is 25.1 Å². The highest BCUT2D eigenvalue weighted by atomic mass is 16.4. The van der Waals surface area contributed by atoms with Crippen molar-refractivity contribution in [3.63, 3.8) is 0 Å². The number of carbonyl (C=O) groups excluding carboxylic acids is 1. The van der Waals surface area contributed by atoms with Crippen LogP contribution in [0.4, 0.5) is 10.5 Å². The van der Waals surface area contributed by atoms with Gasteiger partial charge < -0.3 is 16.2 Å². The number of primary amides is 1. The molecule has 0 aliphatic carbocycles. The van der Waals surface area contributed by atoms with Gasteiger partial charge in [-0.05, 0) is 36.3 Å². The van der Waals surface area contributed by atoms with Gasteiger partial charge in [-0.3, -0.25) is 0 Å². The lowest BCUT2D eigenvalue weighted by Gasteiger charge is -2.06. The zero-order valence-corrected chi connectivity index (χ0v) is 8.73. The fourth-order valence-corrected chi connectivity index (χ4v) is 1.23. The summed E-state index contributed by atoms with van der Waals surface area (Å²) in [7, 11) is 0. The van der Waals surface area contributed by atoms with Crippen LogP contribution in [0.5, 0.6) is 0 Å². The number of benzene rings is 1. The third-order valence-corrected chi connectivity index (χ3v) is 1.93. The maximum Gasteiger partial charge on any atom is 0.328 e. The number of nitrogens with two attached hydrogens (primary N) is 1. The zero-order chi connectivity index (χ0) is 12.1. The Bertz CT molecular complexity index is 453. The number of carboxylic acid groups (broad SMARTS) is 1. The maximum absolute atomic E-state index is 10.6. The first-order valence-corrected chi connectivity index (χ1v) is 4.57. The van der Waals surface area contributed by atoms with Gasteiger partial charge in [-0.2, -0.15) is 0 Å². The molecule has 0 fully saturated rings. The predicted octanol–water partition coefficient (Wildman–Crippen LogP) is 1.58. The third kappa shape index (κ3) is 3.45. The average molecular weight is 220 g/mol. The summed E-state index contributed by atoms with van der Waals surface area (Å²) in [5.74, 6) is -1.00. The molecule has 2 amide bonds. The number of anilines is 1. The van der Waals surface area contributed by atoms with E-state index in [0.29, 0.717) is 5.69 Å². The molecule has 84 valence electrons. The number of carbonyl (C=O) groups is 2. The zero-order valence-electron chi connectivity index (χ0n) is 8.73. The second-order valence-corrected chi connectivity index (χ2v) is 3.24. The first-order valence-electron chi connectivity index (χ1n) is 4.57. The van der Waals surface area contributed by atoms with Gasteiger partial charge in [0.1, 0.15) is 0 Å². The number of aliphatic carboxylic acids is 1. The topological polar surface area (TPSA) is 92.4 Å². The summed E-state index contributed by atoms with van der Waals surface area (Å²) in [6.07, 6.45) is 2.53.